The van der Waals surface area contributed by atoms with E-state index in [1.807, 2.05) is 30.3 Å². The monoisotopic (exact) mass is 288 g/mol. The summed E-state index contributed by atoms with van der Waals surface area (Å²) in [6.07, 6.45) is 1.67. The number of pyridine rings is 1. The van der Waals surface area contributed by atoms with Crippen molar-refractivity contribution in [1.29, 1.82) is 5.26 Å². The first-order valence-corrected chi connectivity index (χ1v) is 5.78. The van der Waals surface area contributed by atoms with Crippen molar-refractivity contribution >= 4 is 15.9 Å². The molecule has 1 aromatic carbocycles. The van der Waals surface area contributed by atoms with Crippen molar-refractivity contribution in [1.82, 2.24) is 4.57 Å². The summed E-state index contributed by atoms with van der Waals surface area (Å²) in [4.78, 5) is 11.8. The van der Waals surface area contributed by atoms with Gasteiger partial charge in [0.05, 0.1) is 0 Å². The van der Waals surface area contributed by atoms with Gasteiger partial charge in [-0.25, -0.2) is 0 Å². The number of aryl methyl sites for hydroxylation is 1. The lowest BCUT2D eigenvalue weighted by Gasteiger charge is -2.05. The van der Waals surface area contributed by atoms with Crippen LogP contribution in [0.1, 0.15) is 5.56 Å². The first kappa shape index (κ1) is 11.6. The topological polar surface area (TPSA) is 45.8 Å². The van der Waals surface area contributed by atoms with Gasteiger partial charge in [-0.05, 0) is 23.8 Å². The molecule has 0 N–H and O–H groups in total. The van der Waals surface area contributed by atoms with E-state index in [-0.39, 0.29) is 11.1 Å². The molecular weight excluding hydrogens is 280 g/mol. The van der Waals surface area contributed by atoms with E-state index in [1.165, 1.54) is 4.57 Å². The first-order valence-electron chi connectivity index (χ1n) is 4.99. The zero-order valence-electron chi connectivity index (χ0n) is 9.14. The summed E-state index contributed by atoms with van der Waals surface area (Å²) in [5.41, 5.74) is 1.44. The van der Waals surface area contributed by atoms with E-state index < -0.39 is 0 Å². The molecule has 0 radical (unpaired) electrons. The van der Waals surface area contributed by atoms with Crippen LogP contribution in [0.5, 0.6) is 0 Å². The fraction of sp³-hybridized carbons (Fsp3) is 0.0769. The molecule has 0 bridgehead atoms. The maximum absolute atomic E-state index is 11.8. The van der Waals surface area contributed by atoms with Gasteiger partial charge in [-0.3, -0.25) is 4.79 Å². The highest BCUT2D eigenvalue weighted by Gasteiger charge is 2.09. The predicted octanol–water partition coefficient (Wildman–Crippen LogP) is 2.69. The highest BCUT2D eigenvalue weighted by Crippen LogP contribution is 2.22. The van der Waals surface area contributed by atoms with Crippen molar-refractivity contribution in [2.45, 2.75) is 0 Å². The molecular formula is C13H9BrN2O. The molecule has 0 saturated heterocycles. The van der Waals surface area contributed by atoms with E-state index in [2.05, 4.69) is 15.9 Å². The second kappa shape index (κ2) is 4.56. The molecule has 0 spiro atoms. The van der Waals surface area contributed by atoms with E-state index in [0.29, 0.717) is 5.56 Å². The maximum Gasteiger partial charge on any atom is 0.268 e. The van der Waals surface area contributed by atoms with Gasteiger partial charge in [0, 0.05) is 23.3 Å². The Morgan fingerprint density at radius 2 is 1.88 bits per heavy atom. The van der Waals surface area contributed by atoms with E-state index in [1.54, 1.807) is 19.3 Å². The lowest BCUT2D eigenvalue weighted by molar-refractivity contribution is 0.857. The van der Waals surface area contributed by atoms with Gasteiger partial charge in [-0.1, -0.05) is 28.1 Å². The van der Waals surface area contributed by atoms with Crippen LogP contribution in [0.3, 0.4) is 0 Å². The van der Waals surface area contributed by atoms with Gasteiger partial charge >= 0.3 is 0 Å². The lowest BCUT2D eigenvalue weighted by Crippen LogP contribution is -2.19. The third-order valence-electron chi connectivity index (χ3n) is 2.54. The number of rotatable bonds is 1. The minimum atomic E-state index is -0.270. The smallest absolute Gasteiger partial charge is 0.268 e. The normalized spacial score (nSPS) is 9.94. The van der Waals surface area contributed by atoms with Gasteiger partial charge in [-0.2, -0.15) is 5.26 Å². The summed E-state index contributed by atoms with van der Waals surface area (Å²) in [6, 6.07) is 11.3. The standard InChI is InChI=1S/C13H9BrN2O/c1-16-7-6-11(12(8-15)13(16)17)9-2-4-10(14)5-3-9/h2-7H,1H3. The molecule has 2 aromatic rings. The summed E-state index contributed by atoms with van der Waals surface area (Å²) in [7, 11) is 1.63. The summed E-state index contributed by atoms with van der Waals surface area (Å²) >= 11 is 3.35. The average molecular weight is 289 g/mol. The van der Waals surface area contributed by atoms with Gasteiger partial charge in [0.15, 0.2) is 0 Å². The quantitative estimate of drug-likeness (QED) is 0.810. The molecule has 0 aliphatic carbocycles. The zero-order chi connectivity index (χ0) is 12.4. The fourth-order valence-electron chi connectivity index (χ4n) is 1.61. The molecule has 1 aromatic heterocycles. The number of nitrogens with zero attached hydrogens (tertiary/aromatic N) is 2. The van der Waals surface area contributed by atoms with Crippen LogP contribution >= 0.6 is 15.9 Å². The molecule has 1 heterocycles. The number of hydrogen-bond acceptors (Lipinski definition) is 2. The number of benzene rings is 1. The Kier molecular flexibility index (Phi) is 3.12. The fourth-order valence-corrected chi connectivity index (χ4v) is 1.87. The van der Waals surface area contributed by atoms with Crippen molar-refractivity contribution in [3.63, 3.8) is 0 Å². The lowest BCUT2D eigenvalue weighted by atomic mass is 10.0. The maximum atomic E-state index is 11.8. The molecule has 0 unspecified atom stereocenters. The van der Waals surface area contributed by atoms with Crippen molar-refractivity contribution in [2.75, 3.05) is 0 Å². The molecule has 3 nitrogen and oxygen atoms in total. The Morgan fingerprint density at radius 3 is 2.47 bits per heavy atom. The molecule has 0 amide bonds. The Bertz CT molecular complexity index is 651. The van der Waals surface area contributed by atoms with Crippen LogP contribution in [0.25, 0.3) is 11.1 Å². The predicted molar refractivity (Wildman–Crippen MR) is 69.5 cm³/mol. The van der Waals surface area contributed by atoms with Gasteiger partial charge < -0.3 is 4.57 Å². The van der Waals surface area contributed by atoms with E-state index in [4.69, 9.17) is 5.26 Å². The minimum Gasteiger partial charge on any atom is -0.317 e. The van der Waals surface area contributed by atoms with Crippen molar-refractivity contribution in [2.24, 2.45) is 7.05 Å². The summed E-state index contributed by atoms with van der Waals surface area (Å²) < 4.78 is 2.37. The summed E-state index contributed by atoms with van der Waals surface area (Å²) in [6.45, 7) is 0. The Balaban J connectivity index is 2.69. The summed E-state index contributed by atoms with van der Waals surface area (Å²) in [5, 5.41) is 9.07. The van der Waals surface area contributed by atoms with E-state index in [0.717, 1.165) is 10.0 Å². The van der Waals surface area contributed by atoms with Gasteiger partial charge in [0.25, 0.3) is 5.56 Å². The Morgan fingerprint density at radius 1 is 1.24 bits per heavy atom. The van der Waals surface area contributed by atoms with Crippen LogP contribution in [0.15, 0.2) is 45.8 Å². The highest BCUT2D eigenvalue weighted by atomic mass is 79.9. The molecule has 0 atom stereocenters. The molecule has 0 saturated carbocycles. The first-order chi connectivity index (χ1) is 8.13. The molecule has 0 fully saturated rings. The van der Waals surface area contributed by atoms with Crippen molar-refractivity contribution < 1.29 is 0 Å². The number of halogens is 1. The Labute approximate surface area is 107 Å². The largest absolute Gasteiger partial charge is 0.317 e. The molecule has 17 heavy (non-hydrogen) atoms. The van der Waals surface area contributed by atoms with Crippen LogP contribution in [0, 0.1) is 11.3 Å². The molecule has 84 valence electrons. The number of nitriles is 1. The SMILES string of the molecule is Cn1ccc(-c2ccc(Br)cc2)c(C#N)c1=O. The second-order valence-corrected chi connectivity index (χ2v) is 4.55. The number of aromatic nitrogens is 1. The van der Waals surface area contributed by atoms with Gasteiger partial charge in [-0.15, -0.1) is 0 Å². The summed E-state index contributed by atoms with van der Waals surface area (Å²) in [5.74, 6) is 0. The minimum absolute atomic E-state index is 0.178. The molecule has 2 rings (SSSR count). The third-order valence-corrected chi connectivity index (χ3v) is 3.06. The second-order valence-electron chi connectivity index (χ2n) is 3.64. The third kappa shape index (κ3) is 2.15. The van der Waals surface area contributed by atoms with Crippen LogP contribution in [0.2, 0.25) is 0 Å². The average Bonchev–Trinajstić information content (AvgIpc) is 2.34. The molecule has 4 heteroatoms. The van der Waals surface area contributed by atoms with Gasteiger partial charge in [0.1, 0.15) is 11.6 Å². The van der Waals surface area contributed by atoms with Crippen LogP contribution in [0.4, 0.5) is 0 Å². The van der Waals surface area contributed by atoms with Crippen LogP contribution < -0.4 is 5.56 Å². The number of hydrogen-bond donors (Lipinski definition) is 0. The van der Waals surface area contributed by atoms with Crippen molar-refractivity contribution in [3.05, 3.63) is 56.9 Å². The highest BCUT2D eigenvalue weighted by molar-refractivity contribution is 9.10. The Hall–Kier alpha value is -1.86. The van der Waals surface area contributed by atoms with E-state index in [9.17, 15) is 4.79 Å². The zero-order valence-corrected chi connectivity index (χ0v) is 10.7. The van der Waals surface area contributed by atoms with Crippen LogP contribution in [-0.4, -0.2) is 4.57 Å². The molecule has 0 aliphatic rings. The van der Waals surface area contributed by atoms with Crippen molar-refractivity contribution in [3.8, 4) is 17.2 Å². The molecule has 0 aliphatic heterocycles. The van der Waals surface area contributed by atoms with Gasteiger partial charge in [0.2, 0.25) is 0 Å². The van der Waals surface area contributed by atoms with E-state index >= 15 is 0 Å². The van der Waals surface area contributed by atoms with Crippen LogP contribution in [-0.2, 0) is 7.05 Å².